The molecule has 64 heavy (non-hydrogen) atoms. The number of rotatable bonds is 16. The molecule has 7 nitrogen and oxygen atoms in total. The fraction of sp³-hybridized carbons (Fsp3) is 0.0877. The number of nitrogens with zero attached hydrogens (tertiary/aromatic N) is 3. The normalized spacial score (nSPS) is 11.5. The number of anilines is 8. The van der Waals surface area contributed by atoms with E-state index in [1.54, 1.807) is 21.3 Å². The number of quaternary nitrogens is 1. The molecular weight excluding hydrogens is 789 g/mol. The van der Waals surface area contributed by atoms with Crippen LogP contribution in [0.15, 0.2) is 236 Å². The molecule has 318 valence electrons. The Hall–Kier alpha value is -8.00. The van der Waals surface area contributed by atoms with Crippen molar-refractivity contribution in [2.45, 2.75) is 13.8 Å². The van der Waals surface area contributed by atoms with Crippen LogP contribution in [0.4, 0.5) is 62.6 Å². The Labute approximate surface area is 377 Å². The molecule has 0 amide bonds. The van der Waals surface area contributed by atoms with E-state index in [0.717, 1.165) is 90.4 Å². The predicted octanol–water partition coefficient (Wildman–Crippen LogP) is 14.4. The predicted molar refractivity (Wildman–Crippen MR) is 265 cm³/mol. The van der Waals surface area contributed by atoms with Gasteiger partial charge in [0.15, 0.2) is 0 Å². The molecule has 0 aliphatic heterocycles. The Kier molecular flexibility index (Phi) is 13.5. The van der Waals surface area contributed by atoms with Crippen molar-refractivity contribution in [2.24, 2.45) is 0 Å². The second-order valence-corrected chi connectivity index (χ2v) is 15.1. The SMILES string of the molecule is C/C=C(\C=C(/C)OC)N(c1ccccc1)c1ccc([NH+](c2ccc(N(c3ccccc3)c3cccc(OC)c3)cc2)c2ccc(N(c3ccccc3)c3cccc(OC)c3)cc2)cc1. The first-order chi connectivity index (χ1) is 31.5. The molecule has 0 spiro atoms. The molecule has 0 bridgehead atoms. The molecule has 0 saturated heterocycles. The minimum Gasteiger partial charge on any atom is -0.501 e. The van der Waals surface area contributed by atoms with Gasteiger partial charge in [0.1, 0.15) is 28.6 Å². The van der Waals surface area contributed by atoms with Crippen LogP contribution in [0.3, 0.4) is 0 Å². The van der Waals surface area contributed by atoms with Crippen molar-refractivity contribution in [1.29, 1.82) is 0 Å². The molecule has 0 radical (unpaired) electrons. The van der Waals surface area contributed by atoms with Gasteiger partial charge in [0.2, 0.25) is 0 Å². The van der Waals surface area contributed by atoms with Crippen LogP contribution in [-0.2, 0) is 4.74 Å². The summed E-state index contributed by atoms with van der Waals surface area (Å²) in [7, 11) is 5.10. The maximum Gasteiger partial charge on any atom is 0.141 e. The molecule has 0 aliphatic rings. The first-order valence-electron chi connectivity index (χ1n) is 21.4. The van der Waals surface area contributed by atoms with Crippen LogP contribution in [0.2, 0.25) is 0 Å². The molecule has 0 atom stereocenters. The Morgan fingerprint density at radius 3 is 1.12 bits per heavy atom. The Morgan fingerprint density at radius 2 is 0.750 bits per heavy atom. The topological polar surface area (TPSA) is 41.8 Å². The van der Waals surface area contributed by atoms with E-state index in [2.05, 4.69) is 204 Å². The first kappa shape index (κ1) is 42.7. The third-order valence-electron chi connectivity index (χ3n) is 11.1. The van der Waals surface area contributed by atoms with E-state index < -0.39 is 0 Å². The lowest BCUT2D eigenvalue weighted by atomic mass is 10.1. The Balaban J connectivity index is 1.23. The molecule has 7 heteroatoms. The first-order valence-corrected chi connectivity index (χ1v) is 21.4. The van der Waals surface area contributed by atoms with Gasteiger partial charge in [0.05, 0.1) is 27.1 Å². The fourth-order valence-corrected chi connectivity index (χ4v) is 7.95. The summed E-state index contributed by atoms with van der Waals surface area (Å²) in [5.74, 6) is 2.42. The van der Waals surface area contributed by atoms with Crippen molar-refractivity contribution in [1.82, 2.24) is 0 Å². The van der Waals surface area contributed by atoms with Crippen LogP contribution in [0, 0.1) is 0 Å². The molecule has 0 saturated carbocycles. The average Bonchev–Trinajstić information content (AvgIpc) is 3.36. The Bertz CT molecular complexity index is 2660. The van der Waals surface area contributed by atoms with Gasteiger partial charge in [-0.1, -0.05) is 72.8 Å². The molecule has 0 unspecified atom stereocenters. The van der Waals surface area contributed by atoms with Gasteiger partial charge >= 0.3 is 0 Å². The van der Waals surface area contributed by atoms with Gasteiger partial charge in [0, 0.05) is 99.7 Å². The highest BCUT2D eigenvalue weighted by Crippen LogP contribution is 2.39. The van der Waals surface area contributed by atoms with Crippen molar-refractivity contribution in [2.75, 3.05) is 36.0 Å². The van der Waals surface area contributed by atoms with Crippen LogP contribution >= 0.6 is 0 Å². The van der Waals surface area contributed by atoms with Crippen LogP contribution in [0.25, 0.3) is 0 Å². The van der Waals surface area contributed by atoms with Gasteiger partial charge in [0.25, 0.3) is 0 Å². The van der Waals surface area contributed by atoms with E-state index in [1.165, 1.54) is 0 Å². The van der Waals surface area contributed by atoms with Gasteiger partial charge in [-0.2, -0.15) is 0 Å². The summed E-state index contributed by atoms with van der Waals surface area (Å²) in [6.45, 7) is 4.03. The number of allylic oxidation sites excluding steroid dienone is 3. The number of hydrogen-bond acceptors (Lipinski definition) is 6. The van der Waals surface area contributed by atoms with E-state index >= 15 is 0 Å². The maximum atomic E-state index is 5.65. The quantitative estimate of drug-likeness (QED) is 0.0772. The number of methoxy groups -OCH3 is 3. The van der Waals surface area contributed by atoms with Crippen molar-refractivity contribution < 1.29 is 19.1 Å². The van der Waals surface area contributed by atoms with Gasteiger partial charge in [-0.05, 0) is 117 Å². The van der Waals surface area contributed by atoms with E-state index in [1.807, 2.05) is 49.4 Å². The van der Waals surface area contributed by atoms with Crippen molar-refractivity contribution in [3.8, 4) is 11.5 Å². The van der Waals surface area contributed by atoms with Crippen molar-refractivity contribution >= 4 is 62.6 Å². The maximum absolute atomic E-state index is 5.65. The van der Waals surface area contributed by atoms with Gasteiger partial charge in [-0.3, -0.25) is 0 Å². The lowest BCUT2D eigenvalue weighted by molar-refractivity contribution is -0.681. The molecule has 0 aromatic heterocycles. The lowest BCUT2D eigenvalue weighted by Gasteiger charge is -2.28. The number of hydrogen-bond donors (Lipinski definition) is 1. The van der Waals surface area contributed by atoms with E-state index in [0.29, 0.717) is 0 Å². The van der Waals surface area contributed by atoms with Gasteiger partial charge < -0.3 is 28.9 Å². The second-order valence-electron chi connectivity index (χ2n) is 15.1. The summed E-state index contributed by atoms with van der Waals surface area (Å²) >= 11 is 0. The lowest BCUT2D eigenvalue weighted by Crippen LogP contribution is -2.96. The number of nitrogens with one attached hydrogen (secondary N) is 1. The van der Waals surface area contributed by atoms with Crippen molar-refractivity contribution in [3.63, 3.8) is 0 Å². The summed E-state index contributed by atoms with van der Waals surface area (Å²) in [6.07, 6.45) is 4.18. The van der Waals surface area contributed by atoms with Crippen molar-refractivity contribution in [3.05, 3.63) is 236 Å². The zero-order valence-electron chi connectivity index (χ0n) is 36.9. The van der Waals surface area contributed by atoms with Crippen LogP contribution < -0.4 is 29.1 Å². The third kappa shape index (κ3) is 9.55. The summed E-state index contributed by atoms with van der Waals surface area (Å²) in [5, 5.41) is 0. The van der Waals surface area contributed by atoms with Gasteiger partial charge in [-0.15, -0.1) is 0 Å². The Morgan fingerprint density at radius 1 is 0.406 bits per heavy atom. The third-order valence-corrected chi connectivity index (χ3v) is 11.1. The molecule has 0 fully saturated rings. The smallest absolute Gasteiger partial charge is 0.141 e. The summed E-state index contributed by atoms with van der Waals surface area (Å²) in [5.41, 5.74) is 12.5. The van der Waals surface area contributed by atoms with Crippen LogP contribution in [-0.4, -0.2) is 21.3 Å². The summed E-state index contributed by atoms with van der Waals surface area (Å²) < 4.78 is 16.9. The minimum atomic E-state index is 0.798. The van der Waals surface area contributed by atoms with Crippen LogP contribution in [0.5, 0.6) is 11.5 Å². The highest BCUT2D eigenvalue weighted by molar-refractivity contribution is 5.79. The molecule has 8 aromatic rings. The zero-order valence-corrected chi connectivity index (χ0v) is 36.9. The minimum absolute atomic E-state index is 0.798. The largest absolute Gasteiger partial charge is 0.501 e. The van der Waals surface area contributed by atoms with Gasteiger partial charge in [-0.25, -0.2) is 4.90 Å². The number of ether oxygens (including phenoxy) is 3. The van der Waals surface area contributed by atoms with E-state index in [9.17, 15) is 0 Å². The fourth-order valence-electron chi connectivity index (χ4n) is 7.95. The molecule has 0 aliphatic carbocycles. The second kappa shape index (κ2) is 20.2. The molecule has 8 rings (SSSR count). The zero-order chi connectivity index (χ0) is 44.3. The number of benzene rings is 8. The molecule has 8 aromatic carbocycles. The highest BCUT2D eigenvalue weighted by Gasteiger charge is 2.23. The van der Waals surface area contributed by atoms with E-state index in [-0.39, 0.29) is 0 Å². The summed E-state index contributed by atoms with van der Waals surface area (Å²) in [4.78, 5) is 7.87. The van der Waals surface area contributed by atoms with Crippen LogP contribution in [0.1, 0.15) is 13.8 Å². The highest BCUT2D eigenvalue weighted by atomic mass is 16.5. The van der Waals surface area contributed by atoms with E-state index in [4.69, 9.17) is 14.2 Å². The summed E-state index contributed by atoms with van der Waals surface area (Å²) in [6, 6.07) is 74.2. The molecular formula is C57H53N4O3+. The molecule has 0 heterocycles. The molecule has 1 N–H and O–H groups in total. The number of para-hydroxylation sites is 3. The standard InChI is InChI=1S/C57H52N4O3/c1-6-44(40-43(2)62-3)58(45-18-10-7-11-19-45)48-28-30-49(31-29-48)59(50-32-36-52(37-33-50)60(46-20-12-8-13-21-46)54-24-16-26-56(41-54)63-4)51-34-38-53(39-35-51)61(47-22-14-9-15-23-47)55-25-17-27-57(42-55)64-5/h6-42H,1-5H3/p+1/b43-40+,44-6+. The monoisotopic (exact) mass is 841 g/mol. The average molecular weight is 842 g/mol.